The molecule has 1 aliphatic heterocycles. The summed E-state index contributed by atoms with van der Waals surface area (Å²) in [5.74, 6) is 0.359. The lowest BCUT2D eigenvalue weighted by molar-refractivity contribution is 0.595. The summed E-state index contributed by atoms with van der Waals surface area (Å²) >= 11 is 1.75. The molecule has 6 nitrogen and oxygen atoms in total. The number of halogens is 1. The van der Waals surface area contributed by atoms with Crippen molar-refractivity contribution >= 4 is 27.5 Å². The Morgan fingerprint density at radius 1 is 1.00 bits per heavy atom. The molecule has 31 heavy (non-hydrogen) atoms. The molecule has 156 valence electrons. The molecule has 0 saturated carbocycles. The predicted molar refractivity (Wildman–Crippen MR) is 119 cm³/mol. The highest BCUT2D eigenvalue weighted by Gasteiger charge is 2.25. The second-order valence-corrected chi connectivity index (χ2v) is 9.75. The normalized spacial score (nSPS) is 13.2. The molecule has 0 radical (unpaired) electrons. The number of pyridine rings is 1. The summed E-state index contributed by atoms with van der Waals surface area (Å²) in [5.41, 5.74) is 3.96. The van der Waals surface area contributed by atoms with Crippen LogP contribution in [0.25, 0.3) is 22.4 Å². The fraction of sp³-hybridized carbons (Fsp3) is 0.0909. The van der Waals surface area contributed by atoms with Crippen molar-refractivity contribution in [1.29, 1.82) is 0 Å². The lowest BCUT2D eigenvalue weighted by atomic mass is 10.0. The Bertz CT molecular complexity index is 1370. The summed E-state index contributed by atoms with van der Waals surface area (Å²) in [5, 5.41) is 5.88. The van der Waals surface area contributed by atoms with Crippen molar-refractivity contribution in [3.8, 4) is 22.4 Å². The van der Waals surface area contributed by atoms with Crippen LogP contribution >= 0.6 is 11.8 Å². The van der Waals surface area contributed by atoms with Crippen molar-refractivity contribution in [2.45, 2.75) is 16.5 Å². The molecule has 0 amide bonds. The Labute approximate surface area is 183 Å². The number of sulfonamides is 1. The summed E-state index contributed by atoms with van der Waals surface area (Å²) in [7, 11) is -3.92. The van der Waals surface area contributed by atoms with E-state index in [0.717, 1.165) is 45.8 Å². The van der Waals surface area contributed by atoms with Gasteiger partial charge in [-0.2, -0.15) is 5.10 Å². The minimum Gasteiger partial charge on any atom is -0.280 e. The number of thioether (sulfide) groups is 1. The van der Waals surface area contributed by atoms with Crippen LogP contribution in [0.5, 0.6) is 0 Å². The maximum atomic E-state index is 13.5. The highest BCUT2D eigenvalue weighted by Crippen LogP contribution is 2.42. The van der Waals surface area contributed by atoms with E-state index in [1.807, 2.05) is 22.9 Å². The van der Waals surface area contributed by atoms with Gasteiger partial charge in [-0.05, 0) is 48.0 Å². The average Bonchev–Trinajstić information content (AvgIpc) is 3.35. The minimum atomic E-state index is -3.92. The van der Waals surface area contributed by atoms with E-state index in [4.69, 9.17) is 5.10 Å². The van der Waals surface area contributed by atoms with Crippen LogP contribution in [0.2, 0.25) is 0 Å². The van der Waals surface area contributed by atoms with Crippen LogP contribution in [0.3, 0.4) is 0 Å². The van der Waals surface area contributed by atoms with Crippen LogP contribution in [-0.4, -0.2) is 28.9 Å². The van der Waals surface area contributed by atoms with Gasteiger partial charge in [-0.3, -0.25) is 14.4 Å². The Morgan fingerprint density at radius 3 is 2.61 bits per heavy atom. The SMILES string of the molecule is O=S(=O)(Nc1cccc(-c2nn3c(c2-c2ccncc2)SCC3)c1)c1cccc(F)c1. The molecule has 9 heteroatoms. The lowest BCUT2D eigenvalue weighted by Crippen LogP contribution is -2.13. The lowest BCUT2D eigenvalue weighted by Gasteiger charge is -2.10. The second kappa shape index (κ2) is 7.82. The van der Waals surface area contributed by atoms with E-state index in [1.54, 1.807) is 42.4 Å². The van der Waals surface area contributed by atoms with Crippen molar-refractivity contribution in [2.24, 2.45) is 0 Å². The van der Waals surface area contributed by atoms with E-state index >= 15 is 0 Å². The number of fused-ring (bicyclic) bond motifs is 1. The number of hydrogen-bond donors (Lipinski definition) is 1. The van der Waals surface area contributed by atoms with Crippen molar-refractivity contribution in [2.75, 3.05) is 10.5 Å². The molecule has 4 aromatic rings. The van der Waals surface area contributed by atoms with Crippen LogP contribution in [0.4, 0.5) is 10.1 Å². The zero-order valence-electron chi connectivity index (χ0n) is 16.2. The predicted octanol–water partition coefficient (Wildman–Crippen LogP) is 4.66. The van der Waals surface area contributed by atoms with Gasteiger partial charge >= 0.3 is 0 Å². The summed E-state index contributed by atoms with van der Waals surface area (Å²) in [4.78, 5) is 3.97. The van der Waals surface area contributed by atoms with Crippen molar-refractivity contribution in [3.05, 3.63) is 78.9 Å². The Hall–Kier alpha value is -3.17. The van der Waals surface area contributed by atoms with Gasteiger partial charge < -0.3 is 0 Å². The second-order valence-electron chi connectivity index (χ2n) is 6.98. The van der Waals surface area contributed by atoms with Gasteiger partial charge in [-0.1, -0.05) is 18.2 Å². The molecule has 2 aromatic heterocycles. The fourth-order valence-corrected chi connectivity index (χ4v) is 5.71. The molecule has 5 rings (SSSR count). The summed E-state index contributed by atoms with van der Waals surface area (Å²) in [6.07, 6.45) is 3.48. The Balaban J connectivity index is 1.55. The van der Waals surface area contributed by atoms with Crippen molar-refractivity contribution in [1.82, 2.24) is 14.8 Å². The molecule has 0 fully saturated rings. The van der Waals surface area contributed by atoms with Crippen LogP contribution in [0, 0.1) is 5.82 Å². The molecule has 3 heterocycles. The molecule has 0 spiro atoms. The zero-order chi connectivity index (χ0) is 21.4. The Morgan fingerprint density at radius 2 is 1.81 bits per heavy atom. The minimum absolute atomic E-state index is 0.132. The highest BCUT2D eigenvalue weighted by atomic mass is 32.2. The smallest absolute Gasteiger partial charge is 0.261 e. The molecule has 2 aromatic carbocycles. The van der Waals surface area contributed by atoms with Crippen molar-refractivity contribution in [3.63, 3.8) is 0 Å². The van der Waals surface area contributed by atoms with Gasteiger partial charge in [0.15, 0.2) is 0 Å². The van der Waals surface area contributed by atoms with Gasteiger partial charge in [0.05, 0.1) is 11.4 Å². The van der Waals surface area contributed by atoms with Gasteiger partial charge in [0.25, 0.3) is 10.0 Å². The molecule has 1 N–H and O–H groups in total. The van der Waals surface area contributed by atoms with E-state index < -0.39 is 15.8 Å². The topological polar surface area (TPSA) is 76.9 Å². The number of nitrogens with one attached hydrogen (secondary N) is 1. The Kier molecular flexibility index (Phi) is 4.99. The van der Waals surface area contributed by atoms with E-state index in [9.17, 15) is 12.8 Å². The number of anilines is 1. The first-order valence-electron chi connectivity index (χ1n) is 9.54. The maximum Gasteiger partial charge on any atom is 0.261 e. The number of rotatable bonds is 5. The molecular weight excluding hydrogens is 435 g/mol. The molecule has 0 saturated heterocycles. The first-order valence-corrected chi connectivity index (χ1v) is 12.0. The van der Waals surface area contributed by atoms with E-state index in [2.05, 4.69) is 9.71 Å². The summed E-state index contributed by atoms with van der Waals surface area (Å²) in [6.45, 7) is 0.823. The van der Waals surface area contributed by atoms with Crippen LogP contribution in [0.1, 0.15) is 0 Å². The zero-order valence-corrected chi connectivity index (χ0v) is 17.8. The number of aryl methyl sites for hydroxylation is 1. The maximum absolute atomic E-state index is 13.5. The molecule has 1 aliphatic rings. The first-order chi connectivity index (χ1) is 15.0. The fourth-order valence-electron chi connectivity index (χ4n) is 3.53. The van der Waals surface area contributed by atoms with Crippen molar-refractivity contribution < 1.29 is 12.8 Å². The number of nitrogens with zero attached hydrogens (tertiary/aromatic N) is 3. The molecular formula is C22H17FN4O2S2. The number of aromatic nitrogens is 3. The van der Waals surface area contributed by atoms with E-state index in [1.165, 1.54) is 18.2 Å². The van der Waals surface area contributed by atoms with Gasteiger partial charge in [0.1, 0.15) is 16.5 Å². The third-order valence-electron chi connectivity index (χ3n) is 4.91. The van der Waals surface area contributed by atoms with Gasteiger partial charge in [-0.25, -0.2) is 12.8 Å². The molecule has 0 bridgehead atoms. The third kappa shape index (κ3) is 3.82. The van der Waals surface area contributed by atoms with Crippen LogP contribution in [-0.2, 0) is 16.6 Å². The van der Waals surface area contributed by atoms with Gasteiger partial charge in [0.2, 0.25) is 0 Å². The van der Waals surface area contributed by atoms with Gasteiger partial charge in [0, 0.05) is 35.0 Å². The number of hydrogen-bond acceptors (Lipinski definition) is 5. The summed E-state index contributed by atoms with van der Waals surface area (Å²) < 4.78 is 43.4. The van der Waals surface area contributed by atoms with Crippen LogP contribution in [0.15, 0.2) is 83.0 Å². The number of benzene rings is 2. The van der Waals surface area contributed by atoms with Gasteiger partial charge in [-0.15, -0.1) is 11.8 Å². The molecule has 0 atom stereocenters. The van der Waals surface area contributed by atoms with Crippen LogP contribution < -0.4 is 4.72 Å². The quantitative estimate of drug-likeness (QED) is 0.477. The molecule has 0 unspecified atom stereocenters. The first kappa shape index (κ1) is 19.8. The standard InChI is InChI=1S/C22H17FN4O2S2/c23-17-4-2-6-19(14-17)31(28,29)26-18-5-1-3-16(13-18)21-20(15-7-9-24-10-8-15)22-27(25-21)11-12-30-22/h1-10,13-14,26H,11-12H2. The van der Waals surface area contributed by atoms with E-state index in [0.29, 0.717) is 5.69 Å². The molecule has 0 aliphatic carbocycles. The van der Waals surface area contributed by atoms with E-state index in [-0.39, 0.29) is 4.90 Å². The third-order valence-corrected chi connectivity index (χ3v) is 7.37. The largest absolute Gasteiger partial charge is 0.280 e. The monoisotopic (exact) mass is 452 g/mol. The highest BCUT2D eigenvalue weighted by molar-refractivity contribution is 7.99. The average molecular weight is 453 g/mol. The summed E-state index contributed by atoms with van der Waals surface area (Å²) in [6, 6.07) is 15.9.